The molecule has 4 N–H and O–H groups in total. The molecule has 1 aliphatic rings. The quantitative estimate of drug-likeness (QED) is 0.561. The van der Waals surface area contributed by atoms with E-state index in [0.717, 1.165) is 5.56 Å². The van der Waals surface area contributed by atoms with Crippen LogP contribution in [0.25, 0.3) is 0 Å². The molecule has 0 radical (unpaired) electrons. The summed E-state index contributed by atoms with van der Waals surface area (Å²) in [6, 6.07) is 14.1. The molecule has 31 heavy (non-hydrogen) atoms. The van der Waals surface area contributed by atoms with E-state index in [0.29, 0.717) is 16.8 Å². The van der Waals surface area contributed by atoms with Crippen molar-refractivity contribution in [2.45, 2.75) is 24.4 Å². The van der Waals surface area contributed by atoms with Crippen molar-refractivity contribution < 1.29 is 23.1 Å². The van der Waals surface area contributed by atoms with Crippen molar-refractivity contribution in [2.75, 3.05) is 20.6 Å². The zero-order valence-electron chi connectivity index (χ0n) is 17.4. The van der Waals surface area contributed by atoms with E-state index in [1.165, 1.54) is 11.9 Å². The van der Waals surface area contributed by atoms with Gasteiger partial charge in [-0.2, -0.15) is 0 Å². The Morgan fingerprint density at radius 1 is 1.26 bits per heavy atom. The molecule has 0 saturated heterocycles. The summed E-state index contributed by atoms with van der Waals surface area (Å²) in [5.74, 6) is -0.236. The van der Waals surface area contributed by atoms with E-state index in [-0.39, 0.29) is 31.2 Å². The molecule has 166 valence electrons. The number of nitrogens with zero attached hydrogens (tertiary/aromatic N) is 2. The average molecular weight is 449 g/mol. The second kappa shape index (κ2) is 9.04. The van der Waals surface area contributed by atoms with Crippen LogP contribution < -0.4 is 10.5 Å². The first-order valence-electron chi connectivity index (χ1n) is 9.68. The predicted octanol–water partition coefficient (Wildman–Crippen LogP) is 1.58. The molecular formula is C21H26N4O5S. The Bertz CT molecular complexity index is 1090. The van der Waals surface area contributed by atoms with E-state index in [9.17, 15) is 18.3 Å². The molecule has 3 rings (SSSR count). The van der Waals surface area contributed by atoms with E-state index in [1.807, 2.05) is 30.3 Å². The molecule has 1 aliphatic heterocycles. The van der Waals surface area contributed by atoms with Gasteiger partial charge in [-0.1, -0.05) is 36.4 Å². The van der Waals surface area contributed by atoms with Gasteiger partial charge in [0.05, 0.1) is 11.4 Å². The van der Waals surface area contributed by atoms with Crippen molar-refractivity contribution in [3.8, 4) is 0 Å². The first-order valence-corrected chi connectivity index (χ1v) is 11.3. The number of aliphatic hydroxyl groups is 1. The highest BCUT2D eigenvalue weighted by molar-refractivity contribution is 7.88. The number of ether oxygens (including phenoxy) is 1. The highest BCUT2D eigenvalue weighted by atomic mass is 32.2. The molecule has 10 heteroatoms. The Morgan fingerprint density at radius 2 is 1.97 bits per heavy atom. The van der Waals surface area contributed by atoms with Gasteiger partial charge in [-0.3, -0.25) is 0 Å². The van der Waals surface area contributed by atoms with Gasteiger partial charge in [0.15, 0.2) is 5.60 Å². The number of carbonyl (C=O) groups is 1. The van der Waals surface area contributed by atoms with Gasteiger partial charge in [-0.05, 0) is 30.3 Å². The van der Waals surface area contributed by atoms with Crippen LogP contribution in [-0.4, -0.2) is 51.0 Å². The standard InChI is InChI=1S/C21H26N4O5S/c1-23-31(28,29)14-16-8-9-18-17(12-16)21(27,19(22)24-18)10-11-25(2)20(26)30-13-15-6-4-3-5-7-15/h3-9,12,23,27H,10-11,13-14H2,1-2H3,(H2,22,24)/i19+2. The smallest absolute Gasteiger partial charge is 0.409 e. The van der Waals surface area contributed by atoms with Crippen molar-refractivity contribution >= 4 is 27.6 Å². The Kier molecular flexibility index (Phi) is 6.63. The first kappa shape index (κ1) is 22.7. The van der Waals surface area contributed by atoms with Crippen molar-refractivity contribution in [3.63, 3.8) is 0 Å². The summed E-state index contributed by atoms with van der Waals surface area (Å²) in [5, 5.41) is 11.2. The summed E-state index contributed by atoms with van der Waals surface area (Å²) in [6.07, 6.45) is -0.454. The number of amidine groups is 1. The molecule has 0 bridgehead atoms. The van der Waals surface area contributed by atoms with Crippen LogP contribution in [0.5, 0.6) is 0 Å². The van der Waals surface area contributed by atoms with Crippen molar-refractivity contribution in [1.29, 1.82) is 0 Å². The van der Waals surface area contributed by atoms with Crippen LogP contribution in [0.15, 0.2) is 53.5 Å². The minimum Gasteiger partial charge on any atom is -0.445 e. The molecule has 0 aromatic heterocycles. The SMILES string of the molecule is CNS(=O)(=O)Cc1ccc2c(c1)C(O)(CCN(C)C(=O)OCc1ccccc1)[14C](N)=N2. The number of nitrogens with two attached hydrogens (primary N) is 1. The molecule has 0 saturated carbocycles. The fourth-order valence-corrected chi connectivity index (χ4v) is 4.03. The Balaban J connectivity index is 1.67. The fourth-order valence-electron chi connectivity index (χ4n) is 3.27. The van der Waals surface area contributed by atoms with Crippen LogP contribution in [0, 0.1) is 0 Å². The lowest BCUT2D eigenvalue weighted by Crippen LogP contribution is -2.42. The molecule has 2 aromatic rings. The lowest BCUT2D eigenvalue weighted by atomic mass is 9.97. The molecular weight excluding hydrogens is 422 g/mol. The van der Waals surface area contributed by atoms with Gasteiger partial charge in [-0.25, -0.2) is 22.9 Å². The highest BCUT2D eigenvalue weighted by Gasteiger charge is 2.41. The van der Waals surface area contributed by atoms with Crippen LogP contribution >= 0.6 is 0 Å². The van der Waals surface area contributed by atoms with Crippen molar-refractivity contribution in [3.05, 3.63) is 65.2 Å². The highest BCUT2D eigenvalue weighted by Crippen LogP contribution is 2.40. The second-order valence-electron chi connectivity index (χ2n) is 7.38. The summed E-state index contributed by atoms with van der Waals surface area (Å²) in [7, 11) is -0.571. The lowest BCUT2D eigenvalue weighted by molar-refractivity contribution is 0.0756. The van der Waals surface area contributed by atoms with E-state index >= 15 is 0 Å². The molecule has 1 atom stereocenters. The van der Waals surface area contributed by atoms with E-state index in [2.05, 4.69) is 9.71 Å². The predicted molar refractivity (Wildman–Crippen MR) is 117 cm³/mol. The molecule has 9 nitrogen and oxygen atoms in total. The monoisotopic (exact) mass is 448 g/mol. The van der Waals surface area contributed by atoms with Gasteiger partial charge >= 0.3 is 6.09 Å². The summed E-state index contributed by atoms with van der Waals surface area (Å²) >= 11 is 0. The van der Waals surface area contributed by atoms with Gasteiger partial charge in [0.2, 0.25) is 10.0 Å². The number of rotatable bonds is 8. The zero-order chi connectivity index (χ0) is 22.6. The van der Waals surface area contributed by atoms with Crippen LogP contribution in [-0.2, 0) is 32.7 Å². The lowest BCUT2D eigenvalue weighted by Gasteiger charge is -2.27. The average Bonchev–Trinajstić information content (AvgIpc) is 3.01. The zero-order valence-corrected chi connectivity index (χ0v) is 18.2. The van der Waals surface area contributed by atoms with Gasteiger partial charge in [-0.15, -0.1) is 0 Å². The number of sulfonamides is 1. The van der Waals surface area contributed by atoms with E-state index < -0.39 is 21.7 Å². The maximum Gasteiger partial charge on any atom is 0.409 e. The van der Waals surface area contributed by atoms with Crippen molar-refractivity contribution in [2.24, 2.45) is 10.7 Å². The van der Waals surface area contributed by atoms with Crippen LogP contribution in [0.4, 0.5) is 10.5 Å². The first-order chi connectivity index (χ1) is 14.6. The Labute approximate surface area is 181 Å². The van der Waals surface area contributed by atoms with Crippen LogP contribution in [0.1, 0.15) is 23.1 Å². The van der Waals surface area contributed by atoms with Gasteiger partial charge < -0.3 is 20.5 Å². The number of hydrogen-bond acceptors (Lipinski definition) is 7. The minimum atomic E-state index is -3.48. The van der Waals surface area contributed by atoms with E-state index in [1.54, 1.807) is 25.2 Å². The molecule has 0 aliphatic carbocycles. The largest absolute Gasteiger partial charge is 0.445 e. The molecule has 0 fully saturated rings. The van der Waals surface area contributed by atoms with Gasteiger partial charge in [0.1, 0.15) is 12.4 Å². The summed E-state index contributed by atoms with van der Waals surface area (Å²) < 4.78 is 31.3. The van der Waals surface area contributed by atoms with Crippen molar-refractivity contribution in [1.82, 2.24) is 9.62 Å². The fraction of sp³-hybridized carbons (Fsp3) is 0.333. The van der Waals surface area contributed by atoms with E-state index in [4.69, 9.17) is 10.5 Å². The second-order valence-corrected chi connectivity index (χ2v) is 9.31. The van der Waals surface area contributed by atoms with Crippen LogP contribution in [0.2, 0.25) is 0 Å². The third-order valence-corrected chi connectivity index (χ3v) is 6.50. The maximum absolute atomic E-state index is 12.3. The Morgan fingerprint density at radius 3 is 2.65 bits per heavy atom. The number of amides is 1. The van der Waals surface area contributed by atoms with Gasteiger partial charge in [0, 0.05) is 25.6 Å². The Hall–Kier alpha value is -2.95. The van der Waals surface area contributed by atoms with Crippen LogP contribution in [0.3, 0.4) is 0 Å². The number of nitrogens with one attached hydrogen (secondary N) is 1. The third kappa shape index (κ3) is 5.22. The molecule has 0 spiro atoms. The number of aliphatic imine (C=N–C) groups is 1. The third-order valence-electron chi connectivity index (χ3n) is 5.16. The maximum atomic E-state index is 12.3. The molecule has 1 heterocycles. The summed E-state index contributed by atoms with van der Waals surface area (Å²) in [5.41, 5.74) is 6.64. The molecule has 1 unspecified atom stereocenters. The number of fused-ring (bicyclic) bond motifs is 1. The number of carbonyl (C=O) groups excluding carboxylic acids is 1. The molecule has 1 amide bonds. The normalized spacial score (nSPS) is 17.7. The minimum absolute atomic E-state index is 0.00202. The number of hydrogen-bond donors (Lipinski definition) is 3. The summed E-state index contributed by atoms with van der Waals surface area (Å²) in [6.45, 7) is 0.294. The topological polar surface area (TPSA) is 134 Å². The van der Waals surface area contributed by atoms with Gasteiger partial charge in [0.25, 0.3) is 0 Å². The molecule has 2 aromatic carbocycles. The number of benzene rings is 2. The summed E-state index contributed by atoms with van der Waals surface area (Å²) in [4.78, 5) is 17.8.